The highest BCUT2D eigenvalue weighted by Crippen LogP contribution is 2.44. The molecule has 9 nitrogen and oxygen atoms in total. The number of aliphatic carboxylic acids is 1. The fourth-order valence-electron chi connectivity index (χ4n) is 3.67. The molecule has 34 heavy (non-hydrogen) atoms. The Balaban J connectivity index is 1.48. The summed E-state index contributed by atoms with van der Waals surface area (Å²) in [5.74, 6) is 1.83. The standard InChI is InChI=1S/C24H24N2O7S/c1-34(31,32)14-12-21(23(28)29)26-22(27)11-6-13-25-24(30)33-15-20-18-9-4-2-7-16(18)17-8-3-5-10-19(17)20/h2-5,7-10,20-21H,12-15H2,1H3,(H,25,30)(H,26,27)(H,28,29). The first-order valence-electron chi connectivity index (χ1n) is 10.4. The third-order valence-electron chi connectivity index (χ3n) is 5.25. The zero-order valence-electron chi connectivity index (χ0n) is 18.4. The lowest BCUT2D eigenvalue weighted by Gasteiger charge is -2.14. The normalized spacial score (nSPS) is 13.0. The smallest absolute Gasteiger partial charge is 0.407 e. The van der Waals surface area contributed by atoms with E-state index in [9.17, 15) is 22.8 Å². The molecular weight excluding hydrogens is 460 g/mol. The number of sulfone groups is 1. The topological polar surface area (TPSA) is 139 Å². The number of nitrogens with one attached hydrogen (secondary N) is 2. The molecule has 0 bridgehead atoms. The van der Waals surface area contributed by atoms with Gasteiger partial charge in [-0.05, 0) is 34.6 Å². The van der Waals surface area contributed by atoms with Crippen molar-refractivity contribution in [1.82, 2.24) is 10.6 Å². The summed E-state index contributed by atoms with van der Waals surface area (Å²) in [6.45, 7) is -0.0560. The molecule has 1 aliphatic rings. The molecule has 178 valence electrons. The molecule has 10 heteroatoms. The molecule has 0 aliphatic heterocycles. The average molecular weight is 485 g/mol. The number of ether oxygens (including phenoxy) is 1. The highest BCUT2D eigenvalue weighted by Gasteiger charge is 2.29. The van der Waals surface area contributed by atoms with E-state index in [0.29, 0.717) is 0 Å². The maximum Gasteiger partial charge on any atom is 0.407 e. The van der Waals surface area contributed by atoms with Crippen molar-refractivity contribution in [2.75, 3.05) is 25.2 Å². The van der Waals surface area contributed by atoms with E-state index in [4.69, 9.17) is 9.84 Å². The molecule has 3 rings (SSSR count). The minimum Gasteiger partial charge on any atom is -0.480 e. The lowest BCUT2D eigenvalue weighted by molar-refractivity contribution is -0.141. The van der Waals surface area contributed by atoms with Gasteiger partial charge in [-0.25, -0.2) is 18.0 Å². The van der Waals surface area contributed by atoms with Gasteiger partial charge in [0, 0.05) is 12.2 Å². The van der Waals surface area contributed by atoms with Gasteiger partial charge in [-0.15, -0.1) is 0 Å². The van der Waals surface area contributed by atoms with Crippen LogP contribution in [-0.2, 0) is 24.2 Å². The number of alkyl carbamates (subject to hydrolysis) is 1. The van der Waals surface area contributed by atoms with Crippen LogP contribution in [0.1, 0.15) is 23.5 Å². The van der Waals surface area contributed by atoms with Crippen molar-refractivity contribution in [1.29, 1.82) is 0 Å². The summed E-state index contributed by atoms with van der Waals surface area (Å²) in [6, 6.07) is 14.5. The van der Waals surface area contributed by atoms with Crippen LogP contribution in [0.15, 0.2) is 48.5 Å². The van der Waals surface area contributed by atoms with E-state index in [1.165, 1.54) is 0 Å². The molecule has 2 amide bonds. The predicted octanol–water partition coefficient (Wildman–Crippen LogP) is 1.53. The van der Waals surface area contributed by atoms with E-state index in [0.717, 1.165) is 28.5 Å². The van der Waals surface area contributed by atoms with Crippen LogP contribution in [0, 0.1) is 11.8 Å². The molecule has 1 aliphatic carbocycles. The Kier molecular flexibility index (Phi) is 7.91. The van der Waals surface area contributed by atoms with Crippen LogP contribution in [0.25, 0.3) is 11.1 Å². The second kappa shape index (κ2) is 10.9. The van der Waals surface area contributed by atoms with Gasteiger partial charge < -0.3 is 20.5 Å². The first-order valence-corrected chi connectivity index (χ1v) is 12.5. The lowest BCUT2D eigenvalue weighted by Crippen LogP contribution is -2.41. The van der Waals surface area contributed by atoms with Crippen LogP contribution in [0.3, 0.4) is 0 Å². The Hall–Kier alpha value is -3.84. The summed E-state index contributed by atoms with van der Waals surface area (Å²) in [6.07, 6.45) is -0.00426. The highest BCUT2D eigenvalue weighted by atomic mass is 32.2. The van der Waals surface area contributed by atoms with E-state index in [2.05, 4.69) is 22.5 Å². The number of hydrogen-bond donors (Lipinski definition) is 3. The van der Waals surface area contributed by atoms with Crippen molar-refractivity contribution >= 4 is 27.8 Å². The Morgan fingerprint density at radius 3 is 2.21 bits per heavy atom. The predicted molar refractivity (Wildman–Crippen MR) is 125 cm³/mol. The summed E-state index contributed by atoms with van der Waals surface area (Å²) in [7, 11) is -3.38. The maximum absolute atomic E-state index is 12.1. The molecule has 2 aromatic carbocycles. The maximum atomic E-state index is 12.1. The Morgan fingerprint density at radius 2 is 1.65 bits per heavy atom. The summed E-state index contributed by atoms with van der Waals surface area (Å²) in [4.78, 5) is 35.1. The fraction of sp³-hybridized carbons (Fsp3) is 0.292. The Labute approximate surface area is 197 Å². The second-order valence-corrected chi connectivity index (χ2v) is 10.0. The quantitative estimate of drug-likeness (QED) is 0.483. The van der Waals surface area contributed by atoms with Gasteiger partial charge in [0.05, 0.1) is 12.3 Å². The first-order chi connectivity index (χ1) is 16.2. The van der Waals surface area contributed by atoms with Crippen molar-refractivity contribution < 1.29 is 32.6 Å². The molecule has 3 N–H and O–H groups in total. The molecule has 2 aromatic rings. The molecule has 0 spiro atoms. The van der Waals surface area contributed by atoms with Gasteiger partial charge in [-0.1, -0.05) is 54.5 Å². The van der Waals surface area contributed by atoms with Crippen LogP contribution in [0.5, 0.6) is 0 Å². The third-order valence-corrected chi connectivity index (χ3v) is 6.22. The van der Waals surface area contributed by atoms with Gasteiger partial charge in [-0.3, -0.25) is 4.79 Å². The summed E-state index contributed by atoms with van der Waals surface area (Å²) >= 11 is 0. The molecule has 1 unspecified atom stereocenters. The molecule has 1 atom stereocenters. The molecule has 0 fully saturated rings. The van der Waals surface area contributed by atoms with Crippen LogP contribution < -0.4 is 10.6 Å². The first kappa shape index (κ1) is 24.8. The van der Waals surface area contributed by atoms with Crippen molar-refractivity contribution in [3.63, 3.8) is 0 Å². The van der Waals surface area contributed by atoms with Crippen molar-refractivity contribution in [3.05, 3.63) is 59.7 Å². The third kappa shape index (κ3) is 6.59. The van der Waals surface area contributed by atoms with Gasteiger partial charge >= 0.3 is 12.1 Å². The number of benzene rings is 2. The molecule has 0 radical (unpaired) electrons. The largest absolute Gasteiger partial charge is 0.480 e. The number of carbonyl (C=O) groups excluding carboxylic acids is 2. The zero-order valence-corrected chi connectivity index (χ0v) is 19.2. The van der Waals surface area contributed by atoms with Crippen LogP contribution in [0.4, 0.5) is 4.79 Å². The summed E-state index contributed by atoms with van der Waals surface area (Å²) < 4.78 is 27.7. The number of amides is 2. The van der Waals surface area contributed by atoms with E-state index in [1.807, 2.05) is 48.5 Å². The second-order valence-electron chi connectivity index (χ2n) is 7.76. The lowest BCUT2D eigenvalue weighted by atomic mass is 9.98. The number of hydrogen-bond acceptors (Lipinski definition) is 6. The molecule has 0 heterocycles. The average Bonchev–Trinajstić information content (AvgIpc) is 3.11. The van der Waals surface area contributed by atoms with Crippen molar-refractivity contribution in [3.8, 4) is 23.0 Å². The van der Waals surface area contributed by atoms with Gasteiger partial charge in [0.25, 0.3) is 5.91 Å². The van der Waals surface area contributed by atoms with Crippen molar-refractivity contribution in [2.24, 2.45) is 0 Å². The number of fused-ring (bicyclic) bond motifs is 3. The van der Waals surface area contributed by atoms with Crippen LogP contribution in [-0.4, -0.2) is 62.7 Å². The van der Waals surface area contributed by atoms with E-state index >= 15 is 0 Å². The monoisotopic (exact) mass is 484 g/mol. The van der Waals surface area contributed by atoms with E-state index in [-0.39, 0.29) is 31.2 Å². The minimum atomic E-state index is -3.38. The Bertz CT molecular complexity index is 1220. The van der Waals surface area contributed by atoms with Gasteiger partial charge in [0.2, 0.25) is 0 Å². The zero-order chi connectivity index (χ0) is 24.7. The summed E-state index contributed by atoms with van der Waals surface area (Å²) in [5, 5.41) is 13.7. The minimum absolute atomic E-state index is 0.0881. The number of rotatable bonds is 8. The molecular formula is C24H24N2O7S. The number of carbonyl (C=O) groups is 3. The Morgan fingerprint density at radius 1 is 1.06 bits per heavy atom. The molecule has 0 saturated heterocycles. The van der Waals surface area contributed by atoms with Crippen LogP contribution in [0.2, 0.25) is 0 Å². The number of carboxylic acids is 1. The number of carboxylic acid groups (broad SMARTS) is 1. The SMILES string of the molecule is CS(=O)(=O)CCC(NC(=O)C#CCNC(=O)OCC1c2ccccc2-c2ccccc21)C(=O)O. The van der Waals surface area contributed by atoms with Gasteiger partial charge in [0.1, 0.15) is 22.5 Å². The van der Waals surface area contributed by atoms with E-state index < -0.39 is 33.8 Å². The molecule has 0 saturated carbocycles. The van der Waals surface area contributed by atoms with Crippen LogP contribution >= 0.6 is 0 Å². The summed E-state index contributed by atoms with van der Waals surface area (Å²) in [5.41, 5.74) is 4.38. The fourth-order valence-corrected chi connectivity index (χ4v) is 4.34. The highest BCUT2D eigenvalue weighted by molar-refractivity contribution is 7.90. The van der Waals surface area contributed by atoms with E-state index in [1.54, 1.807) is 0 Å². The van der Waals surface area contributed by atoms with Crippen molar-refractivity contribution in [2.45, 2.75) is 18.4 Å². The molecule has 0 aromatic heterocycles. The van der Waals surface area contributed by atoms with Gasteiger partial charge in [-0.2, -0.15) is 0 Å². The van der Waals surface area contributed by atoms with Gasteiger partial charge in [0.15, 0.2) is 0 Å².